The van der Waals surface area contributed by atoms with Crippen LogP contribution in [0.2, 0.25) is 5.02 Å². The molecule has 2 aromatic rings. The van der Waals surface area contributed by atoms with Gasteiger partial charge in [0.2, 0.25) is 0 Å². The zero-order valence-corrected chi connectivity index (χ0v) is 13.3. The third-order valence-corrected chi connectivity index (χ3v) is 5.39. The number of carboxylic acids is 1. The molecule has 1 aliphatic heterocycles. The number of nitrogens with zero attached hydrogens (tertiary/aromatic N) is 2. The summed E-state index contributed by atoms with van der Waals surface area (Å²) in [6.07, 6.45) is 2.46. The van der Waals surface area contributed by atoms with Crippen molar-refractivity contribution in [3.8, 4) is 0 Å². The SMILES string of the molecule is CCC1[C@H](C(=O)O)CCCN1c1nc2ccc(Cl)cc2s1. The average Bonchev–Trinajstić information content (AvgIpc) is 2.88. The van der Waals surface area contributed by atoms with Crippen LogP contribution in [0.3, 0.4) is 0 Å². The number of halogens is 1. The van der Waals surface area contributed by atoms with E-state index >= 15 is 0 Å². The summed E-state index contributed by atoms with van der Waals surface area (Å²) in [6, 6.07) is 5.68. The molecule has 0 radical (unpaired) electrons. The van der Waals surface area contributed by atoms with Crippen LogP contribution >= 0.6 is 22.9 Å². The minimum Gasteiger partial charge on any atom is -0.481 e. The minimum atomic E-state index is -0.698. The summed E-state index contributed by atoms with van der Waals surface area (Å²) in [4.78, 5) is 18.3. The Morgan fingerprint density at radius 3 is 3.10 bits per heavy atom. The Kier molecular flexibility index (Phi) is 4.04. The summed E-state index contributed by atoms with van der Waals surface area (Å²) in [5.74, 6) is -1.00. The quantitative estimate of drug-likeness (QED) is 0.926. The average molecular weight is 325 g/mol. The molecule has 0 bridgehead atoms. The van der Waals surface area contributed by atoms with Gasteiger partial charge in [-0.3, -0.25) is 4.79 Å². The topological polar surface area (TPSA) is 53.4 Å². The van der Waals surface area contributed by atoms with Gasteiger partial charge >= 0.3 is 5.97 Å². The van der Waals surface area contributed by atoms with Gasteiger partial charge in [0.05, 0.1) is 16.1 Å². The van der Waals surface area contributed by atoms with Crippen LogP contribution in [0.1, 0.15) is 26.2 Å². The summed E-state index contributed by atoms with van der Waals surface area (Å²) >= 11 is 7.61. The Balaban J connectivity index is 1.97. The second kappa shape index (κ2) is 5.81. The van der Waals surface area contributed by atoms with Crippen LogP contribution in [0.4, 0.5) is 5.13 Å². The van der Waals surface area contributed by atoms with Crippen LogP contribution in [0.5, 0.6) is 0 Å². The van der Waals surface area contributed by atoms with E-state index in [1.165, 1.54) is 0 Å². The number of rotatable bonds is 3. The number of benzene rings is 1. The van der Waals surface area contributed by atoms with Gasteiger partial charge in [-0.1, -0.05) is 29.9 Å². The van der Waals surface area contributed by atoms with E-state index in [1.54, 1.807) is 11.3 Å². The number of hydrogen-bond acceptors (Lipinski definition) is 4. The molecule has 1 aliphatic rings. The van der Waals surface area contributed by atoms with E-state index in [4.69, 9.17) is 11.6 Å². The van der Waals surface area contributed by atoms with Gasteiger partial charge in [-0.15, -0.1) is 0 Å². The van der Waals surface area contributed by atoms with Crippen LogP contribution in [-0.4, -0.2) is 28.6 Å². The molecule has 0 amide bonds. The fourth-order valence-corrected chi connectivity index (χ4v) is 4.42. The summed E-state index contributed by atoms with van der Waals surface area (Å²) in [6.45, 7) is 2.92. The van der Waals surface area contributed by atoms with Crippen LogP contribution in [-0.2, 0) is 4.79 Å². The lowest BCUT2D eigenvalue weighted by atomic mass is 9.88. The van der Waals surface area contributed by atoms with Crippen molar-refractivity contribution in [3.63, 3.8) is 0 Å². The smallest absolute Gasteiger partial charge is 0.308 e. The Morgan fingerprint density at radius 1 is 1.57 bits per heavy atom. The first kappa shape index (κ1) is 14.6. The van der Waals surface area contributed by atoms with Crippen LogP contribution in [0.15, 0.2) is 18.2 Å². The second-order valence-electron chi connectivity index (χ2n) is 5.36. The number of thiazole rings is 1. The molecule has 0 spiro atoms. The largest absolute Gasteiger partial charge is 0.481 e. The highest BCUT2D eigenvalue weighted by Crippen LogP contribution is 2.36. The highest BCUT2D eigenvalue weighted by molar-refractivity contribution is 7.22. The van der Waals surface area contributed by atoms with E-state index in [2.05, 4.69) is 9.88 Å². The lowest BCUT2D eigenvalue weighted by molar-refractivity contribution is -0.143. The van der Waals surface area contributed by atoms with Crippen molar-refractivity contribution in [2.75, 3.05) is 11.4 Å². The molecule has 21 heavy (non-hydrogen) atoms. The lowest BCUT2D eigenvalue weighted by Gasteiger charge is -2.39. The van der Waals surface area contributed by atoms with E-state index in [1.807, 2.05) is 25.1 Å². The summed E-state index contributed by atoms with van der Waals surface area (Å²) in [7, 11) is 0. The molecule has 1 unspecified atom stereocenters. The first-order chi connectivity index (χ1) is 10.1. The molecule has 1 N–H and O–H groups in total. The number of carbonyl (C=O) groups is 1. The van der Waals surface area contributed by atoms with E-state index in [0.29, 0.717) is 5.02 Å². The van der Waals surface area contributed by atoms with E-state index in [-0.39, 0.29) is 12.0 Å². The molecule has 3 rings (SSSR count). The molecule has 1 saturated heterocycles. The fourth-order valence-electron chi connectivity index (χ4n) is 3.10. The molecular weight excluding hydrogens is 308 g/mol. The number of anilines is 1. The monoisotopic (exact) mass is 324 g/mol. The second-order valence-corrected chi connectivity index (χ2v) is 6.81. The standard InChI is InChI=1S/C15H17ClN2O2S/c1-2-12-10(14(19)20)4-3-7-18(12)15-17-11-6-5-9(16)8-13(11)21-15/h5-6,8,10,12H,2-4,7H2,1H3,(H,19,20)/t10-,12?/m1/s1. The van der Waals surface area contributed by atoms with Crippen LogP contribution < -0.4 is 4.90 Å². The van der Waals surface area contributed by atoms with Gasteiger partial charge in [-0.25, -0.2) is 4.98 Å². The van der Waals surface area contributed by atoms with E-state index < -0.39 is 5.97 Å². The zero-order valence-electron chi connectivity index (χ0n) is 11.8. The Bertz CT molecular complexity index is 673. The third kappa shape index (κ3) is 2.72. The molecule has 1 aromatic heterocycles. The molecular formula is C15H17ClN2O2S. The van der Waals surface area contributed by atoms with Crippen molar-refractivity contribution >= 4 is 44.3 Å². The number of aromatic nitrogens is 1. The first-order valence-electron chi connectivity index (χ1n) is 7.15. The van der Waals surface area contributed by atoms with Crippen molar-refractivity contribution in [1.82, 2.24) is 4.98 Å². The zero-order chi connectivity index (χ0) is 15.0. The molecule has 4 nitrogen and oxygen atoms in total. The summed E-state index contributed by atoms with van der Waals surface area (Å²) in [5.41, 5.74) is 0.923. The molecule has 0 aliphatic carbocycles. The van der Waals surface area contributed by atoms with Crippen LogP contribution in [0, 0.1) is 5.92 Å². The van der Waals surface area contributed by atoms with Gasteiger partial charge < -0.3 is 10.0 Å². The molecule has 112 valence electrons. The minimum absolute atomic E-state index is 0.0206. The molecule has 1 fully saturated rings. The van der Waals surface area contributed by atoms with Crippen molar-refractivity contribution in [3.05, 3.63) is 23.2 Å². The molecule has 2 heterocycles. The van der Waals surface area contributed by atoms with Crippen molar-refractivity contribution in [2.45, 2.75) is 32.2 Å². The molecule has 6 heteroatoms. The van der Waals surface area contributed by atoms with Gasteiger partial charge in [-0.2, -0.15) is 0 Å². The summed E-state index contributed by atoms with van der Waals surface area (Å²) in [5, 5.41) is 11.0. The van der Waals surface area contributed by atoms with Gasteiger partial charge in [0.1, 0.15) is 0 Å². The lowest BCUT2D eigenvalue weighted by Crippen LogP contribution is -2.47. The van der Waals surface area contributed by atoms with Gasteiger partial charge in [0.15, 0.2) is 5.13 Å². The van der Waals surface area contributed by atoms with Gasteiger partial charge in [-0.05, 0) is 37.5 Å². The number of hydrogen-bond donors (Lipinski definition) is 1. The fraction of sp³-hybridized carbons (Fsp3) is 0.467. The van der Waals surface area contributed by atoms with E-state index in [0.717, 1.165) is 41.2 Å². The maximum atomic E-state index is 11.5. The Morgan fingerprint density at radius 2 is 2.38 bits per heavy atom. The molecule has 1 aromatic carbocycles. The normalized spacial score (nSPS) is 22.7. The Hall–Kier alpha value is -1.33. The maximum Gasteiger partial charge on any atom is 0.308 e. The van der Waals surface area contributed by atoms with Gasteiger partial charge in [0.25, 0.3) is 0 Å². The van der Waals surface area contributed by atoms with Crippen LogP contribution in [0.25, 0.3) is 10.2 Å². The van der Waals surface area contributed by atoms with Crippen molar-refractivity contribution in [1.29, 1.82) is 0 Å². The highest BCUT2D eigenvalue weighted by atomic mass is 35.5. The molecule has 2 atom stereocenters. The number of carboxylic acid groups (broad SMARTS) is 1. The summed E-state index contributed by atoms with van der Waals surface area (Å²) < 4.78 is 1.05. The predicted octanol–water partition coefficient (Wildman–Crippen LogP) is 4.03. The number of piperidine rings is 1. The maximum absolute atomic E-state index is 11.5. The van der Waals surface area contributed by atoms with Crippen molar-refractivity contribution < 1.29 is 9.90 Å². The Labute approximate surface area is 132 Å². The van der Waals surface area contributed by atoms with Gasteiger partial charge in [0, 0.05) is 17.6 Å². The third-order valence-electron chi connectivity index (χ3n) is 4.10. The predicted molar refractivity (Wildman–Crippen MR) is 86.4 cm³/mol. The molecule has 0 saturated carbocycles. The first-order valence-corrected chi connectivity index (χ1v) is 8.35. The number of aliphatic carboxylic acids is 1. The van der Waals surface area contributed by atoms with Crippen molar-refractivity contribution in [2.24, 2.45) is 5.92 Å². The van der Waals surface area contributed by atoms with E-state index in [9.17, 15) is 9.90 Å². The number of fused-ring (bicyclic) bond motifs is 1. The highest BCUT2D eigenvalue weighted by Gasteiger charge is 2.36.